The van der Waals surface area contributed by atoms with Crippen molar-refractivity contribution in [2.24, 2.45) is 0 Å². The Labute approximate surface area is 122 Å². The summed E-state index contributed by atoms with van der Waals surface area (Å²) in [5.41, 5.74) is 0.658. The smallest absolute Gasteiger partial charge is 0.326 e. The minimum atomic E-state index is -1.06. The van der Waals surface area contributed by atoms with Crippen molar-refractivity contribution in [1.82, 2.24) is 5.32 Å². The van der Waals surface area contributed by atoms with Crippen LogP contribution in [0.1, 0.15) is 46.3 Å². The van der Waals surface area contributed by atoms with Crippen molar-refractivity contribution in [2.45, 2.75) is 46.1 Å². The fourth-order valence-corrected chi connectivity index (χ4v) is 2.82. The van der Waals surface area contributed by atoms with E-state index in [1.165, 1.54) is 0 Å². The molecule has 1 aromatic rings. The second-order valence-corrected chi connectivity index (χ2v) is 6.08. The first-order chi connectivity index (χ1) is 9.35. The first kappa shape index (κ1) is 16.4. The second kappa shape index (κ2) is 7.19. The molecule has 1 rings (SSSR count). The molecular formula is C14H19NO4S. The number of aryl methyl sites for hydroxylation is 2. The van der Waals surface area contributed by atoms with Crippen LogP contribution in [-0.2, 0) is 9.59 Å². The van der Waals surface area contributed by atoms with Gasteiger partial charge in [0.1, 0.15) is 6.04 Å². The van der Waals surface area contributed by atoms with Crippen LogP contribution in [0.3, 0.4) is 0 Å². The number of Topliss-reactive ketones (excluding diaryl/α,β-unsaturated/α-hetero) is 1. The van der Waals surface area contributed by atoms with Gasteiger partial charge in [-0.3, -0.25) is 9.59 Å². The van der Waals surface area contributed by atoms with E-state index in [0.29, 0.717) is 12.0 Å². The lowest BCUT2D eigenvalue weighted by molar-refractivity contribution is -0.141. The summed E-state index contributed by atoms with van der Waals surface area (Å²) in [5.74, 6) is -1.54. The van der Waals surface area contributed by atoms with Crippen LogP contribution in [0.4, 0.5) is 0 Å². The van der Waals surface area contributed by atoms with Crippen molar-refractivity contribution in [3.8, 4) is 0 Å². The van der Waals surface area contributed by atoms with E-state index in [0.717, 1.165) is 9.75 Å². The Hall–Kier alpha value is -1.69. The highest BCUT2D eigenvalue weighted by atomic mass is 32.1. The van der Waals surface area contributed by atoms with Gasteiger partial charge in [0.15, 0.2) is 5.78 Å². The molecule has 0 radical (unpaired) electrons. The van der Waals surface area contributed by atoms with E-state index in [1.54, 1.807) is 18.3 Å². The van der Waals surface area contributed by atoms with Gasteiger partial charge in [-0.15, -0.1) is 11.3 Å². The first-order valence-electron chi connectivity index (χ1n) is 6.47. The van der Waals surface area contributed by atoms with Crippen molar-refractivity contribution in [3.63, 3.8) is 0 Å². The summed E-state index contributed by atoms with van der Waals surface area (Å²) in [6, 6.07) is 0.939. The Kier molecular flexibility index (Phi) is 5.88. The predicted molar refractivity (Wildman–Crippen MR) is 77.2 cm³/mol. The zero-order chi connectivity index (χ0) is 15.3. The third kappa shape index (κ3) is 4.45. The van der Waals surface area contributed by atoms with Crippen LogP contribution in [0.5, 0.6) is 0 Å². The fourth-order valence-electron chi connectivity index (χ4n) is 1.87. The van der Waals surface area contributed by atoms with E-state index < -0.39 is 17.9 Å². The number of rotatable bonds is 7. The number of thiophene rings is 1. The molecule has 0 aliphatic rings. The largest absolute Gasteiger partial charge is 0.480 e. The molecule has 0 fully saturated rings. The Balaban J connectivity index is 2.51. The van der Waals surface area contributed by atoms with Gasteiger partial charge in [0.25, 0.3) is 0 Å². The summed E-state index contributed by atoms with van der Waals surface area (Å²) >= 11 is 1.55. The number of hydrogen-bond acceptors (Lipinski definition) is 4. The van der Waals surface area contributed by atoms with Gasteiger partial charge in [0.2, 0.25) is 5.91 Å². The van der Waals surface area contributed by atoms with Gasteiger partial charge in [-0.1, -0.05) is 6.92 Å². The number of carboxylic acids is 1. The van der Waals surface area contributed by atoms with Gasteiger partial charge in [0, 0.05) is 28.2 Å². The molecule has 0 aromatic carbocycles. The first-order valence-corrected chi connectivity index (χ1v) is 7.29. The van der Waals surface area contributed by atoms with Crippen LogP contribution < -0.4 is 5.32 Å². The average molecular weight is 297 g/mol. The Morgan fingerprint density at radius 2 is 1.95 bits per heavy atom. The quantitative estimate of drug-likeness (QED) is 0.756. The third-order valence-electron chi connectivity index (χ3n) is 2.96. The normalized spacial score (nSPS) is 11.9. The van der Waals surface area contributed by atoms with Crippen molar-refractivity contribution in [2.75, 3.05) is 0 Å². The second-order valence-electron chi connectivity index (χ2n) is 4.62. The van der Waals surface area contributed by atoms with Gasteiger partial charge >= 0.3 is 5.97 Å². The molecule has 0 bridgehead atoms. The Morgan fingerprint density at radius 3 is 2.40 bits per heavy atom. The number of carbonyl (C=O) groups excluding carboxylic acids is 2. The van der Waals surface area contributed by atoms with Gasteiger partial charge in [-0.25, -0.2) is 4.79 Å². The molecule has 1 aromatic heterocycles. The molecule has 0 aliphatic carbocycles. The van der Waals surface area contributed by atoms with Crippen molar-refractivity contribution in [1.29, 1.82) is 0 Å². The summed E-state index contributed by atoms with van der Waals surface area (Å²) in [5, 5.41) is 11.2. The van der Waals surface area contributed by atoms with Crippen LogP contribution in [0.15, 0.2) is 6.07 Å². The van der Waals surface area contributed by atoms with E-state index >= 15 is 0 Å². The van der Waals surface area contributed by atoms with E-state index in [2.05, 4.69) is 5.32 Å². The van der Waals surface area contributed by atoms with Crippen LogP contribution in [0.2, 0.25) is 0 Å². The molecule has 20 heavy (non-hydrogen) atoms. The highest BCUT2D eigenvalue weighted by molar-refractivity contribution is 7.12. The van der Waals surface area contributed by atoms with Crippen LogP contribution in [-0.4, -0.2) is 28.8 Å². The molecule has 5 nitrogen and oxygen atoms in total. The van der Waals surface area contributed by atoms with Gasteiger partial charge in [-0.05, 0) is 26.3 Å². The van der Waals surface area contributed by atoms with E-state index in [1.807, 2.05) is 19.9 Å². The van der Waals surface area contributed by atoms with E-state index in [-0.39, 0.29) is 18.6 Å². The zero-order valence-electron chi connectivity index (χ0n) is 11.9. The summed E-state index contributed by atoms with van der Waals surface area (Å²) in [4.78, 5) is 36.4. The molecule has 6 heteroatoms. The molecule has 2 N–H and O–H groups in total. The maximum absolute atomic E-state index is 12.0. The molecular weight excluding hydrogens is 278 g/mol. The summed E-state index contributed by atoms with van der Waals surface area (Å²) in [6.45, 7) is 5.49. The molecule has 0 spiro atoms. The third-order valence-corrected chi connectivity index (χ3v) is 3.93. The topological polar surface area (TPSA) is 83.5 Å². The molecule has 0 saturated carbocycles. The number of aliphatic carboxylic acids is 1. The van der Waals surface area contributed by atoms with Crippen LogP contribution >= 0.6 is 11.3 Å². The van der Waals surface area contributed by atoms with Crippen LogP contribution in [0.25, 0.3) is 0 Å². The molecule has 0 saturated heterocycles. The minimum absolute atomic E-state index is 0.0109. The van der Waals surface area contributed by atoms with Gasteiger partial charge in [0.05, 0.1) is 0 Å². The molecule has 0 aliphatic heterocycles. The lowest BCUT2D eigenvalue weighted by Gasteiger charge is -2.11. The average Bonchev–Trinajstić information content (AvgIpc) is 2.71. The van der Waals surface area contributed by atoms with Crippen LogP contribution in [0, 0.1) is 13.8 Å². The number of amides is 1. The van der Waals surface area contributed by atoms with E-state index in [4.69, 9.17) is 5.11 Å². The number of carbonyl (C=O) groups is 3. The number of ketones is 1. The Morgan fingerprint density at radius 1 is 1.30 bits per heavy atom. The molecule has 110 valence electrons. The summed E-state index contributed by atoms with van der Waals surface area (Å²) in [6.07, 6.45) is 0.424. The van der Waals surface area contributed by atoms with Crippen molar-refractivity contribution >= 4 is 29.0 Å². The molecule has 1 atom stereocenters. The fraction of sp³-hybridized carbons (Fsp3) is 0.500. The number of hydrogen-bond donors (Lipinski definition) is 2. The maximum atomic E-state index is 12.0. The predicted octanol–water partition coefficient (Wildman–Crippen LogP) is 2.31. The standard InChI is InChI=1S/C14H19NO4S/c1-4-11(14(18)19)15-13(17)6-5-12(16)10-7-8(2)20-9(10)3/h7,11H,4-6H2,1-3H3,(H,15,17)(H,18,19). The molecule has 1 amide bonds. The number of carboxylic acid groups (broad SMARTS) is 1. The van der Waals surface area contributed by atoms with E-state index in [9.17, 15) is 14.4 Å². The van der Waals surface area contributed by atoms with Crippen molar-refractivity contribution < 1.29 is 19.5 Å². The monoisotopic (exact) mass is 297 g/mol. The lowest BCUT2D eigenvalue weighted by atomic mass is 10.1. The maximum Gasteiger partial charge on any atom is 0.326 e. The van der Waals surface area contributed by atoms with Gasteiger partial charge in [-0.2, -0.15) is 0 Å². The summed E-state index contributed by atoms with van der Waals surface area (Å²) in [7, 11) is 0. The molecule has 1 unspecified atom stereocenters. The highest BCUT2D eigenvalue weighted by Gasteiger charge is 2.19. The van der Waals surface area contributed by atoms with Crippen molar-refractivity contribution in [3.05, 3.63) is 21.4 Å². The number of nitrogens with one attached hydrogen (secondary N) is 1. The minimum Gasteiger partial charge on any atom is -0.480 e. The lowest BCUT2D eigenvalue weighted by Crippen LogP contribution is -2.40. The highest BCUT2D eigenvalue weighted by Crippen LogP contribution is 2.22. The van der Waals surface area contributed by atoms with Gasteiger partial charge < -0.3 is 10.4 Å². The zero-order valence-corrected chi connectivity index (χ0v) is 12.7. The SMILES string of the molecule is CCC(NC(=O)CCC(=O)c1cc(C)sc1C)C(=O)O. The molecule has 1 heterocycles. The Bertz CT molecular complexity index is 521. The summed E-state index contributed by atoms with van der Waals surface area (Å²) < 4.78 is 0.